The summed E-state index contributed by atoms with van der Waals surface area (Å²) in [6, 6.07) is 2.59. The number of hydrogen-bond acceptors (Lipinski definition) is 3. The Kier molecular flexibility index (Phi) is 5.35. The maximum Gasteiger partial charge on any atom is 0.209 e. The highest BCUT2D eigenvalue weighted by atomic mass is 19.1. The first-order chi connectivity index (χ1) is 10.6. The van der Waals surface area contributed by atoms with Crippen LogP contribution in [0.3, 0.4) is 0 Å². The first kappa shape index (κ1) is 15.8. The van der Waals surface area contributed by atoms with Gasteiger partial charge < -0.3 is 15.8 Å². The molecule has 0 aliphatic carbocycles. The molecule has 1 aromatic carbocycles. The molecule has 1 aromatic heterocycles. The summed E-state index contributed by atoms with van der Waals surface area (Å²) in [5, 5.41) is 14.1. The van der Waals surface area contributed by atoms with E-state index in [1.807, 2.05) is 0 Å². The van der Waals surface area contributed by atoms with Gasteiger partial charge >= 0.3 is 0 Å². The zero-order valence-electron chi connectivity index (χ0n) is 12.4. The van der Waals surface area contributed by atoms with E-state index in [4.69, 9.17) is 5.73 Å². The number of phenolic OH excluding ortho intramolecular Hbond substituents is 1. The lowest BCUT2D eigenvalue weighted by Crippen LogP contribution is -2.27. The molecular formula is C15H20FN5O. The predicted molar refractivity (Wildman–Crippen MR) is 86.7 cm³/mol. The van der Waals surface area contributed by atoms with Crippen molar-refractivity contribution in [3.63, 3.8) is 0 Å². The van der Waals surface area contributed by atoms with Crippen LogP contribution in [0.2, 0.25) is 0 Å². The number of halogens is 1. The van der Waals surface area contributed by atoms with Crippen LogP contribution >= 0.6 is 0 Å². The van der Waals surface area contributed by atoms with Gasteiger partial charge in [-0.1, -0.05) is 19.8 Å². The summed E-state index contributed by atoms with van der Waals surface area (Å²) >= 11 is 0. The van der Waals surface area contributed by atoms with Crippen molar-refractivity contribution in [1.29, 1.82) is 0 Å². The summed E-state index contributed by atoms with van der Waals surface area (Å²) in [6.07, 6.45) is 6.45. The van der Waals surface area contributed by atoms with E-state index in [2.05, 4.69) is 27.4 Å². The summed E-state index contributed by atoms with van der Waals surface area (Å²) < 4.78 is 13.2. The Balaban J connectivity index is 2.00. The van der Waals surface area contributed by atoms with Crippen molar-refractivity contribution in [1.82, 2.24) is 10.4 Å². The third-order valence-electron chi connectivity index (χ3n) is 3.21. The number of guanidine groups is 1. The molecule has 0 bridgehead atoms. The van der Waals surface area contributed by atoms with Gasteiger partial charge in [-0.25, -0.2) is 9.82 Å². The molecule has 0 saturated heterocycles. The number of nitrogens with one attached hydrogen (secondary N) is 2. The van der Waals surface area contributed by atoms with Gasteiger partial charge in [-0.3, -0.25) is 4.99 Å². The molecule has 6 nitrogen and oxygen atoms in total. The Morgan fingerprint density at radius 2 is 2.27 bits per heavy atom. The van der Waals surface area contributed by atoms with E-state index in [9.17, 15) is 9.50 Å². The number of nitrogens with zero attached hydrogens (tertiary/aromatic N) is 2. The van der Waals surface area contributed by atoms with Crippen LogP contribution in [0.4, 0.5) is 4.39 Å². The van der Waals surface area contributed by atoms with Crippen molar-refractivity contribution in [2.24, 2.45) is 15.8 Å². The molecule has 0 spiro atoms. The van der Waals surface area contributed by atoms with Crippen molar-refractivity contribution < 1.29 is 9.50 Å². The molecule has 2 aromatic rings. The van der Waals surface area contributed by atoms with E-state index in [0.29, 0.717) is 23.0 Å². The lowest BCUT2D eigenvalue weighted by Gasteiger charge is -1.99. The Morgan fingerprint density at radius 1 is 1.45 bits per heavy atom. The third-order valence-corrected chi connectivity index (χ3v) is 3.21. The fourth-order valence-electron chi connectivity index (χ4n) is 2.02. The largest absolute Gasteiger partial charge is 0.505 e. The van der Waals surface area contributed by atoms with Crippen molar-refractivity contribution >= 4 is 23.1 Å². The Bertz CT molecular complexity index is 693. The smallest absolute Gasteiger partial charge is 0.209 e. The fourth-order valence-corrected chi connectivity index (χ4v) is 2.02. The second-order valence-electron chi connectivity index (χ2n) is 4.94. The maximum atomic E-state index is 13.2. The number of unbranched alkanes of at least 4 members (excludes halogenated alkanes) is 2. The van der Waals surface area contributed by atoms with Crippen LogP contribution in [-0.4, -0.2) is 28.8 Å². The highest BCUT2D eigenvalue weighted by molar-refractivity contribution is 5.99. The van der Waals surface area contributed by atoms with E-state index in [0.717, 1.165) is 19.3 Å². The first-order valence-electron chi connectivity index (χ1n) is 7.20. The van der Waals surface area contributed by atoms with Crippen molar-refractivity contribution in [3.05, 3.63) is 29.7 Å². The molecule has 7 heteroatoms. The molecule has 22 heavy (non-hydrogen) atoms. The minimum Gasteiger partial charge on any atom is -0.505 e. The summed E-state index contributed by atoms with van der Waals surface area (Å²) in [4.78, 5) is 7.05. The van der Waals surface area contributed by atoms with Gasteiger partial charge in [0.2, 0.25) is 5.96 Å². The van der Waals surface area contributed by atoms with Crippen molar-refractivity contribution in [2.45, 2.75) is 26.2 Å². The molecule has 118 valence electrons. The van der Waals surface area contributed by atoms with Gasteiger partial charge in [0.1, 0.15) is 0 Å². The number of H-pyrrole nitrogens is 1. The van der Waals surface area contributed by atoms with E-state index in [-0.39, 0.29) is 5.96 Å². The summed E-state index contributed by atoms with van der Waals surface area (Å²) in [7, 11) is 0. The number of rotatable bonds is 6. The van der Waals surface area contributed by atoms with E-state index in [1.165, 1.54) is 18.3 Å². The molecule has 0 unspecified atom stereocenters. The fraction of sp³-hybridized carbons (Fsp3) is 0.333. The number of nitrogens with two attached hydrogens (primary N) is 1. The van der Waals surface area contributed by atoms with Crippen LogP contribution in [-0.2, 0) is 0 Å². The van der Waals surface area contributed by atoms with Crippen LogP contribution in [0.25, 0.3) is 10.9 Å². The lowest BCUT2D eigenvalue weighted by molar-refractivity contribution is 0.433. The Hall–Kier alpha value is -2.57. The van der Waals surface area contributed by atoms with Gasteiger partial charge in [0.05, 0.1) is 6.21 Å². The normalized spacial score (nSPS) is 12.4. The number of aromatic hydroxyl groups is 1. The van der Waals surface area contributed by atoms with Crippen LogP contribution < -0.4 is 11.2 Å². The molecule has 0 amide bonds. The van der Waals surface area contributed by atoms with Gasteiger partial charge in [-0.05, 0) is 12.5 Å². The predicted octanol–water partition coefficient (Wildman–Crippen LogP) is 2.44. The molecule has 0 fully saturated rings. The van der Waals surface area contributed by atoms with Crippen molar-refractivity contribution in [2.75, 3.05) is 6.54 Å². The number of hydrazone groups is 1. The average molecular weight is 305 g/mol. The standard InChI is InChI=1S/C15H20FN5O/c1-2-3-4-5-18-15(17)21-20-9-10-8-19-13-7-12(16)14(22)6-11(10)13/h6-9,19,22H,2-5H2,1H3,(H3,17,18,21). The van der Waals surface area contributed by atoms with Crippen molar-refractivity contribution in [3.8, 4) is 5.75 Å². The molecule has 1 heterocycles. The summed E-state index contributed by atoms with van der Waals surface area (Å²) in [5.41, 5.74) is 9.60. The molecule has 0 atom stereocenters. The van der Waals surface area contributed by atoms with Gasteiger partial charge in [0, 0.05) is 35.3 Å². The van der Waals surface area contributed by atoms with Crippen LogP contribution in [0.1, 0.15) is 31.7 Å². The second kappa shape index (κ2) is 7.44. The minimum absolute atomic E-state index is 0.251. The average Bonchev–Trinajstić information content (AvgIpc) is 2.86. The second-order valence-corrected chi connectivity index (χ2v) is 4.94. The number of phenols is 1. The number of fused-ring (bicyclic) bond motifs is 1. The van der Waals surface area contributed by atoms with E-state index >= 15 is 0 Å². The summed E-state index contributed by atoms with van der Waals surface area (Å²) in [5.74, 6) is -0.813. The van der Waals surface area contributed by atoms with Crippen LogP contribution in [0.5, 0.6) is 5.75 Å². The van der Waals surface area contributed by atoms with E-state index < -0.39 is 11.6 Å². The first-order valence-corrected chi connectivity index (χ1v) is 7.20. The van der Waals surface area contributed by atoms with E-state index in [1.54, 1.807) is 6.20 Å². The molecular weight excluding hydrogens is 285 g/mol. The highest BCUT2D eigenvalue weighted by Gasteiger charge is 2.07. The van der Waals surface area contributed by atoms with Crippen LogP contribution in [0.15, 0.2) is 28.4 Å². The molecule has 0 aliphatic heterocycles. The topological polar surface area (TPSA) is 98.8 Å². The number of hydrogen-bond donors (Lipinski definition) is 4. The molecule has 0 aliphatic rings. The number of aromatic nitrogens is 1. The minimum atomic E-state index is -0.667. The molecule has 0 saturated carbocycles. The van der Waals surface area contributed by atoms with Gasteiger partial charge in [-0.2, -0.15) is 5.10 Å². The SMILES string of the molecule is CCCCCN=C(N)NN=Cc1c[nH]c2cc(F)c(O)cc12. The maximum absolute atomic E-state index is 13.2. The van der Waals surface area contributed by atoms with Gasteiger partial charge in [-0.15, -0.1) is 0 Å². The monoisotopic (exact) mass is 305 g/mol. The number of benzene rings is 1. The Labute approximate surface area is 127 Å². The molecule has 0 radical (unpaired) electrons. The number of aromatic amines is 1. The van der Waals surface area contributed by atoms with Crippen LogP contribution in [0, 0.1) is 5.82 Å². The molecule has 5 N–H and O–H groups in total. The van der Waals surface area contributed by atoms with Gasteiger partial charge in [0.15, 0.2) is 11.6 Å². The lowest BCUT2D eigenvalue weighted by atomic mass is 10.2. The number of aliphatic imine (C=N–C) groups is 1. The zero-order chi connectivity index (χ0) is 15.9. The third kappa shape index (κ3) is 3.97. The zero-order valence-corrected chi connectivity index (χ0v) is 12.4. The van der Waals surface area contributed by atoms with Gasteiger partial charge in [0.25, 0.3) is 0 Å². The quantitative estimate of drug-likeness (QED) is 0.285. The Morgan fingerprint density at radius 3 is 3.05 bits per heavy atom. The summed E-state index contributed by atoms with van der Waals surface area (Å²) in [6.45, 7) is 2.79. The highest BCUT2D eigenvalue weighted by Crippen LogP contribution is 2.25. The molecule has 2 rings (SSSR count).